The molecule has 2 aromatic carbocycles. The number of amides is 1. The summed E-state index contributed by atoms with van der Waals surface area (Å²) in [7, 11) is 1.52. The zero-order chi connectivity index (χ0) is 23.2. The Labute approximate surface area is 188 Å². The predicted octanol–water partition coefficient (Wildman–Crippen LogP) is 4.61. The van der Waals surface area contributed by atoms with Crippen LogP contribution in [-0.4, -0.2) is 32.9 Å². The van der Waals surface area contributed by atoms with E-state index in [1.165, 1.54) is 13.1 Å². The van der Waals surface area contributed by atoms with Gasteiger partial charge in [0.05, 0.1) is 11.1 Å². The minimum Gasteiger partial charge on any atom is -0.355 e. The number of nitrogens with one attached hydrogen (secondary N) is 1. The van der Waals surface area contributed by atoms with Crippen LogP contribution in [0.2, 0.25) is 0 Å². The first-order valence-electron chi connectivity index (χ1n) is 10.5. The van der Waals surface area contributed by atoms with Gasteiger partial charge in [-0.05, 0) is 61.2 Å². The molecule has 7 nitrogen and oxygen atoms in total. The second kappa shape index (κ2) is 7.91. The van der Waals surface area contributed by atoms with Gasteiger partial charge in [0.15, 0.2) is 11.5 Å². The highest BCUT2D eigenvalue weighted by Gasteiger charge is 2.50. The first kappa shape index (κ1) is 21.0. The molecular formula is C24H21F2N5O2. The number of aryl methyl sites for hydroxylation is 1. The number of halogens is 2. The number of nitrogens with zero attached hydrogens (tertiary/aromatic N) is 4. The molecule has 0 atom stereocenters. The van der Waals surface area contributed by atoms with E-state index < -0.39 is 6.43 Å². The number of carbonyl (C=O) groups excluding carboxylic acids is 1. The largest absolute Gasteiger partial charge is 0.355 e. The van der Waals surface area contributed by atoms with Crippen molar-refractivity contribution in [1.29, 1.82) is 0 Å². The molecule has 0 bridgehead atoms. The summed E-state index contributed by atoms with van der Waals surface area (Å²) in [5, 5.41) is 11.0. The fourth-order valence-corrected chi connectivity index (χ4v) is 4.13. The standard InChI is InChI=1S/C24H21F2N5O2/c1-14-5-3-4-6-17(14)24(11-12-24)23-28-22(33-30-23)18-13-19(20(25)26)31(29-18)16-9-7-15(8-10-16)21(32)27-2/h3-10,13,20H,11-12H2,1-2H3,(H,27,32). The quantitative estimate of drug-likeness (QED) is 0.465. The van der Waals surface area contributed by atoms with Crippen molar-refractivity contribution in [2.45, 2.75) is 31.6 Å². The number of rotatable bonds is 6. The van der Waals surface area contributed by atoms with Gasteiger partial charge < -0.3 is 9.84 Å². The van der Waals surface area contributed by atoms with Gasteiger partial charge in [-0.3, -0.25) is 4.79 Å². The third-order valence-corrected chi connectivity index (χ3v) is 6.05. The Balaban J connectivity index is 1.50. The van der Waals surface area contributed by atoms with Crippen molar-refractivity contribution in [3.8, 4) is 17.3 Å². The number of alkyl halides is 2. The molecular weight excluding hydrogens is 428 g/mol. The second-order valence-corrected chi connectivity index (χ2v) is 8.11. The van der Waals surface area contributed by atoms with Gasteiger partial charge in [0.1, 0.15) is 5.69 Å². The van der Waals surface area contributed by atoms with E-state index in [1.807, 2.05) is 25.1 Å². The van der Waals surface area contributed by atoms with Crippen LogP contribution in [0.1, 0.15) is 52.3 Å². The Morgan fingerprint density at radius 2 is 1.88 bits per heavy atom. The van der Waals surface area contributed by atoms with Crippen molar-refractivity contribution in [3.05, 3.63) is 82.8 Å². The number of carbonyl (C=O) groups is 1. The number of hydrogen-bond acceptors (Lipinski definition) is 5. The summed E-state index contributed by atoms with van der Waals surface area (Å²) < 4.78 is 34.1. The van der Waals surface area contributed by atoms with E-state index in [2.05, 4.69) is 26.6 Å². The molecule has 1 fully saturated rings. The van der Waals surface area contributed by atoms with E-state index in [9.17, 15) is 13.6 Å². The fourth-order valence-electron chi connectivity index (χ4n) is 4.13. The van der Waals surface area contributed by atoms with Crippen molar-refractivity contribution in [1.82, 2.24) is 25.2 Å². The van der Waals surface area contributed by atoms with Crippen molar-refractivity contribution < 1.29 is 18.1 Å². The molecule has 1 amide bonds. The number of aromatic nitrogens is 4. The lowest BCUT2D eigenvalue weighted by atomic mass is 9.91. The maximum absolute atomic E-state index is 13.8. The maximum Gasteiger partial charge on any atom is 0.280 e. The van der Waals surface area contributed by atoms with Gasteiger partial charge in [0, 0.05) is 12.6 Å². The van der Waals surface area contributed by atoms with Crippen molar-refractivity contribution in [2.24, 2.45) is 0 Å². The van der Waals surface area contributed by atoms with Gasteiger partial charge in [-0.1, -0.05) is 29.4 Å². The monoisotopic (exact) mass is 449 g/mol. The first-order chi connectivity index (χ1) is 15.9. The Morgan fingerprint density at radius 3 is 2.52 bits per heavy atom. The molecule has 5 rings (SSSR count). The molecule has 1 saturated carbocycles. The van der Waals surface area contributed by atoms with Crippen LogP contribution in [0.5, 0.6) is 0 Å². The van der Waals surface area contributed by atoms with Crippen LogP contribution in [0.4, 0.5) is 8.78 Å². The highest BCUT2D eigenvalue weighted by atomic mass is 19.3. The zero-order valence-electron chi connectivity index (χ0n) is 18.0. The normalized spacial score (nSPS) is 14.5. The van der Waals surface area contributed by atoms with Crippen LogP contribution in [0.25, 0.3) is 17.3 Å². The van der Waals surface area contributed by atoms with Crippen molar-refractivity contribution in [2.75, 3.05) is 7.05 Å². The highest BCUT2D eigenvalue weighted by molar-refractivity contribution is 5.94. The molecule has 1 aliphatic rings. The van der Waals surface area contributed by atoms with Crippen molar-refractivity contribution in [3.63, 3.8) is 0 Å². The average Bonchev–Trinajstić information content (AvgIpc) is 3.26. The molecule has 9 heteroatoms. The van der Waals surface area contributed by atoms with Gasteiger partial charge in [0.2, 0.25) is 0 Å². The molecule has 0 aliphatic heterocycles. The molecule has 1 aliphatic carbocycles. The van der Waals surface area contributed by atoms with Gasteiger partial charge in [-0.15, -0.1) is 0 Å². The van der Waals surface area contributed by atoms with Crippen molar-refractivity contribution >= 4 is 5.91 Å². The summed E-state index contributed by atoms with van der Waals surface area (Å²) in [5.41, 5.74) is 2.65. The van der Waals surface area contributed by atoms with Crippen LogP contribution < -0.4 is 5.32 Å². The molecule has 0 radical (unpaired) electrons. The summed E-state index contributed by atoms with van der Waals surface area (Å²) in [6, 6.07) is 15.5. The summed E-state index contributed by atoms with van der Waals surface area (Å²) in [5.74, 6) is 0.361. The van der Waals surface area contributed by atoms with E-state index in [0.29, 0.717) is 17.1 Å². The fraction of sp³-hybridized carbons (Fsp3) is 0.250. The molecule has 168 valence electrons. The maximum atomic E-state index is 13.8. The van der Waals surface area contributed by atoms with E-state index in [4.69, 9.17) is 4.52 Å². The van der Waals surface area contributed by atoms with E-state index >= 15 is 0 Å². The SMILES string of the molecule is CNC(=O)c1ccc(-n2nc(-c3nc(C4(c5ccccc5C)CC4)no3)cc2C(F)F)cc1. The highest BCUT2D eigenvalue weighted by Crippen LogP contribution is 2.53. The third-order valence-electron chi connectivity index (χ3n) is 6.05. The number of hydrogen-bond donors (Lipinski definition) is 1. The predicted molar refractivity (Wildman–Crippen MR) is 116 cm³/mol. The third kappa shape index (κ3) is 3.59. The zero-order valence-corrected chi connectivity index (χ0v) is 18.0. The molecule has 33 heavy (non-hydrogen) atoms. The summed E-state index contributed by atoms with van der Waals surface area (Å²) in [6.07, 6.45) is -0.981. The molecule has 2 heterocycles. The second-order valence-electron chi connectivity index (χ2n) is 8.11. The van der Waals surface area contributed by atoms with Crippen LogP contribution in [0.15, 0.2) is 59.1 Å². The van der Waals surface area contributed by atoms with Crippen LogP contribution in [0.3, 0.4) is 0 Å². The summed E-state index contributed by atoms with van der Waals surface area (Å²) >= 11 is 0. The smallest absolute Gasteiger partial charge is 0.280 e. The first-order valence-corrected chi connectivity index (χ1v) is 10.5. The molecule has 1 N–H and O–H groups in total. The minimum absolute atomic E-state index is 0.0903. The molecule has 2 aromatic heterocycles. The Morgan fingerprint density at radius 1 is 1.15 bits per heavy atom. The Hall–Kier alpha value is -3.88. The van der Waals surface area contributed by atoms with E-state index in [1.54, 1.807) is 24.3 Å². The van der Waals surface area contributed by atoms with E-state index in [-0.39, 0.29) is 28.6 Å². The van der Waals surface area contributed by atoms with Gasteiger partial charge in [-0.25, -0.2) is 13.5 Å². The topological polar surface area (TPSA) is 85.8 Å². The lowest BCUT2D eigenvalue weighted by Crippen LogP contribution is -2.17. The van der Waals surface area contributed by atoms with Gasteiger partial charge in [-0.2, -0.15) is 10.1 Å². The van der Waals surface area contributed by atoms with Gasteiger partial charge >= 0.3 is 0 Å². The van der Waals surface area contributed by atoms with Crippen LogP contribution in [-0.2, 0) is 5.41 Å². The molecule has 0 unspecified atom stereocenters. The number of benzene rings is 2. The van der Waals surface area contributed by atoms with E-state index in [0.717, 1.165) is 28.7 Å². The van der Waals surface area contributed by atoms with Gasteiger partial charge in [0.25, 0.3) is 18.2 Å². The van der Waals surface area contributed by atoms with Crippen LogP contribution >= 0.6 is 0 Å². The lowest BCUT2D eigenvalue weighted by molar-refractivity contribution is 0.0963. The van der Waals surface area contributed by atoms with Crippen LogP contribution in [0, 0.1) is 6.92 Å². The molecule has 4 aromatic rings. The summed E-state index contributed by atoms with van der Waals surface area (Å²) in [4.78, 5) is 16.3. The summed E-state index contributed by atoms with van der Waals surface area (Å²) in [6.45, 7) is 2.04. The Kier molecular flexibility index (Phi) is 5.03. The molecule has 0 spiro atoms. The molecule has 0 saturated heterocycles. The Bertz CT molecular complexity index is 1320. The minimum atomic E-state index is -2.77. The lowest BCUT2D eigenvalue weighted by Gasteiger charge is -2.13. The average molecular weight is 449 g/mol.